The molecule has 0 aromatic heterocycles. The van der Waals surface area contributed by atoms with Crippen LogP contribution in [0, 0.1) is 17.2 Å². The van der Waals surface area contributed by atoms with Gasteiger partial charge in [0, 0.05) is 11.6 Å². The number of benzene rings is 1. The molecule has 0 atom stereocenters. The molecule has 1 heterocycles. The number of nitriles is 1. The van der Waals surface area contributed by atoms with Gasteiger partial charge in [0.05, 0.1) is 13.2 Å². The zero-order chi connectivity index (χ0) is 23.3. The highest BCUT2D eigenvalue weighted by molar-refractivity contribution is 6.19. The van der Waals surface area contributed by atoms with E-state index in [4.69, 9.17) is 9.47 Å². The van der Waals surface area contributed by atoms with Crippen molar-refractivity contribution in [2.45, 2.75) is 65.8 Å². The van der Waals surface area contributed by atoms with Crippen LogP contribution in [0.4, 0.5) is 0 Å². The van der Waals surface area contributed by atoms with E-state index in [9.17, 15) is 14.9 Å². The molecule has 0 saturated heterocycles. The number of nitrogens with zero attached hydrogens (tertiary/aromatic N) is 2. The van der Waals surface area contributed by atoms with E-state index in [-0.39, 0.29) is 17.5 Å². The van der Waals surface area contributed by atoms with E-state index in [0.717, 1.165) is 37.7 Å². The van der Waals surface area contributed by atoms with E-state index in [1.807, 2.05) is 31.2 Å². The van der Waals surface area contributed by atoms with Crippen molar-refractivity contribution in [3.8, 4) is 17.6 Å². The molecule has 6 nitrogen and oxygen atoms in total. The summed E-state index contributed by atoms with van der Waals surface area (Å²) in [7, 11) is 0. The summed E-state index contributed by atoms with van der Waals surface area (Å²) in [6.07, 6.45) is 6.24. The molecule has 1 aromatic carbocycles. The van der Waals surface area contributed by atoms with E-state index in [0.29, 0.717) is 41.8 Å². The van der Waals surface area contributed by atoms with Crippen LogP contribution in [0.2, 0.25) is 0 Å². The molecule has 1 aliphatic heterocycles. The van der Waals surface area contributed by atoms with Crippen LogP contribution in [-0.4, -0.2) is 36.0 Å². The van der Waals surface area contributed by atoms with Crippen LogP contribution in [-0.2, 0) is 9.59 Å². The van der Waals surface area contributed by atoms with E-state index >= 15 is 0 Å². The predicted octanol–water partition coefficient (Wildman–Crippen LogP) is 5.05. The highest BCUT2D eigenvalue weighted by atomic mass is 16.5. The first-order valence-electron chi connectivity index (χ1n) is 11.5. The topological polar surface area (TPSA) is 79.6 Å². The Hall–Kier alpha value is -3.07. The van der Waals surface area contributed by atoms with Gasteiger partial charge in [0.25, 0.3) is 11.8 Å². The highest BCUT2D eigenvalue weighted by Gasteiger charge is 2.40. The first kappa shape index (κ1) is 23.6. The van der Waals surface area contributed by atoms with Crippen molar-refractivity contribution < 1.29 is 19.1 Å². The summed E-state index contributed by atoms with van der Waals surface area (Å²) < 4.78 is 11.7. The van der Waals surface area contributed by atoms with E-state index in [1.54, 1.807) is 13.0 Å². The van der Waals surface area contributed by atoms with Gasteiger partial charge in [-0.05, 0) is 68.4 Å². The van der Waals surface area contributed by atoms with Gasteiger partial charge >= 0.3 is 0 Å². The van der Waals surface area contributed by atoms with Crippen LogP contribution < -0.4 is 9.47 Å². The van der Waals surface area contributed by atoms with Gasteiger partial charge in [0.1, 0.15) is 11.6 Å². The first-order chi connectivity index (χ1) is 15.4. The Kier molecular flexibility index (Phi) is 7.74. The summed E-state index contributed by atoms with van der Waals surface area (Å²) in [4.78, 5) is 27.5. The molecule has 2 aliphatic rings. The van der Waals surface area contributed by atoms with Crippen molar-refractivity contribution in [2.24, 2.45) is 5.92 Å². The van der Waals surface area contributed by atoms with Crippen LogP contribution in [0.5, 0.6) is 11.5 Å². The number of imide groups is 1. The summed E-state index contributed by atoms with van der Waals surface area (Å²) in [6, 6.07) is 7.43. The monoisotopic (exact) mass is 436 g/mol. The van der Waals surface area contributed by atoms with Gasteiger partial charge in [0.2, 0.25) is 0 Å². The maximum absolute atomic E-state index is 13.3. The third-order valence-electron chi connectivity index (χ3n) is 5.99. The molecule has 0 spiro atoms. The largest absolute Gasteiger partial charge is 0.490 e. The molecule has 0 N–H and O–H groups in total. The Labute approximate surface area is 190 Å². The Bertz CT molecular complexity index is 978. The van der Waals surface area contributed by atoms with E-state index in [2.05, 4.69) is 13.8 Å². The molecular formula is C26H32N2O4. The second-order valence-electron chi connectivity index (χ2n) is 8.76. The summed E-state index contributed by atoms with van der Waals surface area (Å²) >= 11 is 0. The molecule has 0 radical (unpaired) electrons. The molecule has 0 bridgehead atoms. The molecule has 1 saturated carbocycles. The van der Waals surface area contributed by atoms with Crippen LogP contribution >= 0.6 is 0 Å². The standard InChI is InChI=1S/C26H32N2O4/c1-5-31-24-15-19(10-11-23(24)32-13-12-17(2)3)14-21-18(4)22(16-27)26(30)28(25(21)29)20-8-6-7-9-20/h10-11,14-15,17,20H,5-9,12-13H2,1-4H3/b21-14+. The Balaban J connectivity index is 1.96. The van der Waals surface area contributed by atoms with E-state index in [1.165, 1.54) is 4.90 Å². The van der Waals surface area contributed by atoms with Gasteiger partial charge in [0.15, 0.2) is 11.5 Å². The zero-order valence-corrected chi connectivity index (χ0v) is 19.4. The van der Waals surface area contributed by atoms with Gasteiger partial charge in [-0.25, -0.2) is 0 Å². The van der Waals surface area contributed by atoms with E-state index < -0.39 is 5.91 Å². The van der Waals surface area contributed by atoms with Gasteiger partial charge in [-0.15, -0.1) is 0 Å². The predicted molar refractivity (Wildman–Crippen MR) is 123 cm³/mol. The van der Waals surface area contributed by atoms with Crippen molar-refractivity contribution in [1.29, 1.82) is 5.26 Å². The SMILES string of the molecule is CCOc1cc(/C=C2/C(=O)N(C3CCCC3)C(=O)C(C#N)=C2C)ccc1OCCC(C)C. The van der Waals surface area contributed by atoms with Crippen LogP contribution in [0.15, 0.2) is 34.9 Å². The second-order valence-corrected chi connectivity index (χ2v) is 8.76. The average molecular weight is 437 g/mol. The number of rotatable bonds is 8. The molecule has 32 heavy (non-hydrogen) atoms. The molecule has 1 fully saturated rings. The van der Waals surface area contributed by atoms with Crippen molar-refractivity contribution in [3.63, 3.8) is 0 Å². The summed E-state index contributed by atoms with van der Waals surface area (Å²) in [5.41, 5.74) is 1.60. The minimum atomic E-state index is -0.469. The summed E-state index contributed by atoms with van der Waals surface area (Å²) in [5, 5.41) is 9.60. The van der Waals surface area contributed by atoms with Crippen molar-refractivity contribution >= 4 is 17.9 Å². The smallest absolute Gasteiger partial charge is 0.271 e. The second kappa shape index (κ2) is 10.5. The van der Waals surface area contributed by atoms with Crippen molar-refractivity contribution in [1.82, 2.24) is 4.90 Å². The lowest BCUT2D eigenvalue weighted by Gasteiger charge is -2.32. The number of carbonyl (C=O) groups is 2. The van der Waals surface area contributed by atoms with Crippen LogP contribution in [0.25, 0.3) is 6.08 Å². The number of hydrogen-bond acceptors (Lipinski definition) is 5. The molecule has 1 aromatic rings. The van der Waals surface area contributed by atoms with Gasteiger partial charge in [-0.2, -0.15) is 5.26 Å². The third-order valence-corrected chi connectivity index (χ3v) is 5.99. The van der Waals surface area contributed by atoms with Crippen molar-refractivity contribution in [2.75, 3.05) is 13.2 Å². The molecule has 170 valence electrons. The lowest BCUT2D eigenvalue weighted by Crippen LogP contribution is -2.47. The van der Waals surface area contributed by atoms with Gasteiger partial charge < -0.3 is 9.47 Å². The minimum Gasteiger partial charge on any atom is -0.490 e. The fourth-order valence-electron chi connectivity index (χ4n) is 4.17. The normalized spacial score (nSPS) is 18.6. The first-order valence-corrected chi connectivity index (χ1v) is 11.5. The Morgan fingerprint density at radius 1 is 1.16 bits per heavy atom. The minimum absolute atomic E-state index is 0.0430. The maximum Gasteiger partial charge on any atom is 0.271 e. The Morgan fingerprint density at radius 3 is 2.50 bits per heavy atom. The number of amides is 2. The average Bonchev–Trinajstić information content (AvgIpc) is 3.27. The quantitative estimate of drug-likeness (QED) is 0.421. The fraction of sp³-hybridized carbons (Fsp3) is 0.500. The van der Waals surface area contributed by atoms with Crippen molar-refractivity contribution in [3.05, 3.63) is 40.5 Å². The Morgan fingerprint density at radius 2 is 1.88 bits per heavy atom. The number of ether oxygens (including phenoxy) is 2. The van der Waals surface area contributed by atoms with Gasteiger partial charge in [-0.3, -0.25) is 14.5 Å². The number of hydrogen-bond donors (Lipinski definition) is 0. The molecule has 6 heteroatoms. The molecule has 2 amide bonds. The molecule has 3 rings (SSSR count). The molecule has 1 aliphatic carbocycles. The fourth-order valence-corrected chi connectivity index (χ4v) is 4.17. The van der Waals surface area contributed by atoms with Crippen LogP contribution in [0.3, 0.4) is 0 Å². The highest BCUT2D eigenvalue weighted by Crippen LogP contribution is 2.35. The summed E-state index contributed by atoms with van der Waals surface area (Å²) in [5.74, 6) is 1.02. The molecular weight excluding hydrogens is 404 g/mol. The van der Waals surface area contributed by atoms with Gasteiger partial charge in [-0.1, -0.05) is 32.8 Å². The zero-order valence-electron chi connectivity index (χ0n) is 19.4. The lowest BCUT2D eigenvalue weighted by atomic mass is 9.92. The third kappa shape index (κ3) is 5.04. The molecule has 0 unspecified atom stereocenters. The summed E-state index contributed by atoms with van der Waals surface area (Å²) in [6.45, 7) is 8.95. The van der Waals surface area contributed by atoms with Crippen LogP contribution in [0.1, 0.15) is 65.4 Å². The lowest BCUT2D eigenvalue weighted by molar-refractivity contribution is -0.143. The maximum atomic E-state index is 13.3. The number of carbonyl (C=O) groups excluding carboxylic acids is 2.